The van der Waals surface area contributed by atoms with E-state index in [1.54, 1.807) is 47.5 Å². The number of carbonyl (C=O) groups excluding carboxylic acids is 3. The Morgan fingerprint density at radius 1 is 1.26 bits per heavy atom. The predicted molar refractivity (Wildman–Crippen MR) is 125 cm³/mol. The first-order valence-corrected chi connectivity index (χ1v) is 11.5. The number of carbonyl (C=O) groups is 3. The molecule has 2 aliphatic heterocycles. The molecule has 10 heteroatoms. The van der Waals surface area contributed by atoms with E-state index in [4.69, 9.17) is 4.74 Å². The summed E-state index contributed by atoms with van der Waals surface area (Å²) in [4.78, 5) is 46.3. The fraction of sp³-hybridized carbons (Fsp3) is 0.250. The number of anilines is 2. The Labute approximate surface area is 199 Å². The van der Waals surface area contributed by atoms with Crippen molar-refractivity contribution in [3.05, 3.63) is 59.2 Å². The van der Waals surface area contributed by atoms with Crippen LogP contribution in [0.5, 0.6) is 5.75 Å². The summed E-state index contributed by atoms with van der Waals surface area (Å²) in [6.45, 7) is 1.57. The van der Waals surface area contributed by atoms with Crippen molar-refractivity contribution in [3.63, 3.8) is 0 Å². The van der Waals surface area contributed by atoms with E-state index in [-0.39, 0.29) is 24.1 Å². The maximum Gasteiger partial charge on any atom is 0.258 e. The van der Waals surface area contributed by atoms with Crippen molar-refractivity contribution >= 4 is 39.9 Å². The number of para-hydroxylation sites is 1. The Morgan fingerprint density at radius 2 is 2.06 bits per heavy atom. The highest BCUT2D eigenvalue weighted by atomic mass is 32.1. The van der Waals surface area contributed by atoms with E-state index in [0.29, 0.717) is 40.5 Å². The monoisotopic (exact) mass is 480 g/mol. The normalized spacial score (nSPS) is 19.1. The molecule has 1 atom stereocenters. The van der Waals surface area contributed by atoms with Crippen LogP contribution in [0.15, 0.2) is 47.8 Å². The molecule has 1 saturated heterocycles. The van der Waals surface area contributed by atoms with Gasteiger partial charge in [0, 0.05) is 17.4 Å². The number of hydrogen-bond donors (Lipinski definition) is 1. The lowest BCUT2D eigenvalue weighted by molar-refractivity contribution is -0.120. The molecular formula is C24H21FN4O4S. The number of nitrogens with zero attached hydrogens (tertiary/aromatic N) is 3. The van der Waals surface area contributed by atoms with Crippen LogP contribution >= 0.6 is 11.3 Å². The topological polar surface area (TPSA) is 91.8 Å². The molecule has 0 saturated carbocycles. The van der Waals surface area contributed by atoms with Gasteiger partial charge in [-0.3, -0.25) is 19.3 Å². The third-order valence-electron chi connectivity index (χ3n) is 6.25. The van der Waals surface area contributed by atoms with Crippen LogP contribution < -0.4 is 15.0 Å². The Morgan fingerprint density at radius 3 is 2.82 bits per heavy atom. The predicted octanol–water partition coefficient (Wildman–Crippen LogP) is 3.90. The van der Waals surface area contributed by atoms with Crippen LogP contribution in [-0.2, 0) is 9.59 Å². The first-order chi connectivity index (χ1) is 16.3. The van der Waals surface area contributed by atoms with Gasteiger partial charge >= 0.3 is 0 Å². The van der Waals surface area contributed by atoms with E-state index < -0.39 is 17.4 Å². The molecule has 1 aromatic heterocycles. The molecule has 8 nitrogen and oxygen atoms in total. The van der Waals surface area contributed by atoms with Gasteiger partial charge in [0.05, 0.1) is 24.1 Å². The number of fused-ring (bicyclic) bond motifs is 3. The molecule has 174 valence electrons. The smallest absolute Gasteiger partial charge is 0.258 e. The van der Waals surface area contributed by atoms with Crippen LogP contribution in [0.2, 0.25) is 0 Å². The van der Waals surface area contributed by atoms with Crippen LogP contribution in [0.4, 0.5) is 15.2 Å². The van der Waals surface area contributed by atoms with Crippen molar-refractivity contribution in [2.45, 2.75) is 25.4 Å². The van der Waals surface area contributed by atoms with Gasteiger partial charge in [0.25, 0.3) is 5.91 Å². The largest absolute Gasteiger partial charge is 0.494 e. The highest BCUT2D eigenvalue weighted by Gasteiger charge is 2.53. The van der Waals surface area contributed by atoms with Gasteiger partial charge in [0.15, 0.2) is 16.7 Å². The zero-order valence-corrected chi connectivity index (χ0v) is 19.3. The molecule has 0 aliphatic carbocycles. The van der Waals surface area contributed by atoms with E-state index in [0.717, 1.165) is 0 Å². The Bertz CT molecular complexity index is 1330. The second-order valence-corrected chi connectivity index (χ2v) is 9.15. The van der Waals surface area contributed by atoms with Crippen molar-refractivity contribution in [1.82, 2.24) is 9.88 Å². The van der Waals surface area contributed by atoms with Gasteiger partial charge in [-0.05, 0) is 43.7 Å². The number of methoxy groups -OCH3 is 1. The van der Waals surface area contributed by atoms with Crippen molar-refractivity contribution in [3.8, 4) is 17.0 Å². The van der Waals surface area contributed by atoms with Gasteiger partial charge < -0.3 is 15.0 Å². The lowest BCUT2D eigenvalue weighted by atomic mass is 9.98. The van der Waals surface area contributed by atoms with Crippen molar-refractivity contribution in [1.29, 1.82) is 0 Å². The van der Waals surface area contributed by atoms with Gasteiger partial charge in [0.2, 0.25) is 11.8 Å². The number of thiazole rings is 1. The average molecular weight is 481 g/mol. The zero-order valence-electron chi connectivity index (χ0n) is 18.5. The molecular weight excluding hydrogens is 459 g/mol. The third-order valence-corrected chi connectivity index (χ3v) is 7.00. The number of nitrogens with one attached hydrogen (secondary N) is 1. The maximum absolute atomic E-state index is 14.0. The molecule has 1 unspecified atom stereocenters. The molecule has 34 heavy (non-hydrogen) atoms. The van der Waals surface area contributed by atoms with Gasteiger partial charge in [-0.15, -0.1) is 11.3 Å². The molecule has 3 aromatic rings. The van der Waals surface area contributed by atoms with Crippen LogP contribution in [-0.4, -0.2) is 46.9 Å². The summed E-state index contributed by atoms with van der Waals surface area (Å²) in [6.07, 6.45) is 0.730. The van der Waals surface area contributed by atoms with Crippen LogP contribution in [0.1, 0.15) is 30.1 Å². The number of benzene rings is 2. The van der Waals surface area contributed by atoms with E-state index in [9.17, 15) is 18.8 Å². The lowest BCUT2D eigenvalue weighted by Gasteiger charge is -2.48. The molecule has 3 heterocycles. The van der Waals surface area contributed by atoms with Crippen molar-refractivity contribution < 1.29 is 23.5 Å². The van der Waals surface area contributed by atoms with Crippen LogP contribution in [0.3, 0.4) is 0 Å². The summed E-state index contributed by atoms with van der Waals surface area (Å²) in [5.74, 6) is -1.19. The average Bonchev–Trinajstić information content (AvgIpc) is 3.41. The minimum absolute atomic E-state index is 0.0795. The maximum atomic E-state index is 14.0. The summed E-state index contributed by atoms with van der Waals surface area (Å²) in [6, 6.07) is 11.4. The van der Waals surface area contributed by atoms with Gasteiger partial charge in [0.1, 0.15) is 12.2 Å². The first kappa shape index (κ1) is 22.0. The molecule has 3 amide bonds. The fourth-order valence-electron chi connectivity index (χ4n) is 4.53. The van der Waals surface area contributed by atoms with E-state index in [1.165, 1.54) is 35.5 Å². The fourth-order valence-corrected chi connectivity index (χ4v) is 5.27. The number of amides is 3. The lowest BCUT2D eigenvalue weighted by Crippen LogP contribution is -2.63. The number of rotatable bonds is 5. The third kappa shape index (κ3) is 3.50. The van der Waals surface area contributed by atoms with Crippen molar-refractivity contribution in [2.75, 3.05) is 23.9 Å². The molecule has 2 aliphatic rings. The second-order valence-electron chi connectivity index (χ2n) is 8.29. The highest BCUT2D eigenvalue weighted by molar-refractivity contribution is 7.14. The summed E-state index contributed by atoms with van der Waals surface area (Å²) in [7, 11) is 1.39. The van der Waals surface area contributed by atoms with Gasteiger partial charge in [-0.25, -0.2) is 9.37 Å². The number of halogens is 1. The molecule has 5 rings (SSSR count). The zero-order chi connectivity index (χ0) is 24.0. The molecule has 1 fully saturated rings. The number of hydrogen-bond acceptors (Lipinski definition) is 6. The Balaban J connectivity index is 1.36. The van der Waals surface area contributed by atoms with Crippen molar-refractivity contribution in [2.24, 2.45) is 0 Å². The number of aromatic nitrogens is 1. The van der Waals surface area contributed by atoms with Crippen LogP contribution in [0, 0.1) is 5.82 Å². The van der Waals surface area contributed by atoms with Gasteiger partial charge in [-0.1, -0.05) is 12.1 Å². The molecule has 0 bridgehead atoms. The molecule has 0 radical (unpaired) electrons. The summed E-state index contributed by atoms with van der Waals surface area (Å²) in [5, 5.41) is 4.75. The second kappa shape index (κ2) is 8.21. The standard InChI is InChI=1S/C24H21FN4O4S/c1-24-10-9-21(31)29(24)18-6-4-3-5-15(18)22(32)28(24)12-20(30)27-23-26-17(13-34-23)14-7-8-19(33-2)16(25)11-14/h3-8,11,13H,9-10,12H2,1-2H3,(H,26,27,30). The minimum Gasteiger partial charge on any atom is -0.494 e. The number of ether oxygens (including phenoxy) is 1. The first-order valence-electron chi connectivity index (χ1n) is 10.6. The molecule has 2 aromatic carbocycles. The quantitative estimate of drug-likeness (QED) is 0.598. The SMILES string of the molecule is COc1ccc(-c2csc(NC(=O)CN3C(=O)c4ccccc4N4C(=O)CCC34C)n2)cc1F. The summed E-state index contributed by atoms with van der Waals surface area (Å²) >= 11 is 1.19. The van der Waals surface area contributed by atoms with E-state index in [2.05, 4.69) is 10.3 Å². The van der Waals surface area contributed by atoms with E-state index in [1.807, 2.05) is 0 Å². The van der Waals surface area contributed by atoms with E-state index >= 15 is 0 Å². The summed E-state index contributed by atoms with van der Waals surface area (Å²) < 4.78 is 19.0. The molecule has 1 N–H and O–H groups in total. The highest BCUT2D eigenvalue weighted by Crippen LogP contribution is 2.43. The molecule has 0 spiro atoms. The Kier molecular flexibility index (Phi) is 5.32. The Hall–Kier alpha value is -3.79. The van der Waals surface area contributed by atoms with Crippen LogP contribution in [0.25, 0.3) is 11.3 Å². The summed E-state index contributed by atoms with van der Waals surface area (Å²) in [5.41, 5.74) is 1.09. The van der Waals surface area contributed by atoms with Gasteiger partial charge in [-0.2, -0.15) is 0 Å². The minimum atomic E-state index is -0.922.